The molecular formula is C34H38F3N5O3. The number of nitrogens with one attached hydrogen (secondary N) is 2. The van der Waals surface area contributed by atoms with Crippen molar-refractivity contribution in [3.05, 3.63) is 94.6 Å². The highest BCUT2D eigenvalue weighted by Gasteiger charge is 2.41. The molecule has 0 bridgehead atoms. The Hall–Kier alpha value is -4.54. The normalized spacial score (nSPS) is 14.4. The van der Waals surface area contributed by atoms with Crippen molar-refractivity contribution < 1.29 is 27.2 Å². The zero-order chi connectivity index (χ0) is 32.5. The van der Waals surface area contributed by atoms with E-state index in [0.717, 1.165) is 35.0 Å². The number of hydrogen-bond donors (Lipinski definition) is 2. The Bertz CT molecular complexity index is 1660. The van der Waals surface area contributed by atoms with Gasteiger partial charge in [0.15, 0.2) is 0 Å². The number of urea groups is 1. The summed E-state index contributed by atoms with van der Waals surface area (Å²) in [5.41, 5.74) is 3.88. The maximum atomic E-state index is 13.3. The predicted molar refractivity (Wildman–Crippen MR) is 167 cm³/mol. The van der Waals surface area contributed by atoms with Crippen molar-refractivity contribution in [2.45, 2.75) is 65.5 Å². The summed E-state index contributed by atoms with van der Waals surface area (Å²) < 4.78 is 46.5. The Morgan fingerprint density at radius 2 is 1.58 bits per heavy atom. The number of anilines is 2. The summed E-state index contributed by atoms with van der Waals surface area (Å²) in [5.74, 6) is -0.993. The van der Waals surface area contributed by atoms with E-state index in [2.05, 4.69) is 31.4 Å². The van der Waals surface area contributed by atoms with Crippen LogP contribution in [0.2, 0.25) is 0 Å². The van der Waals surface area contributed by atoms with Crippen molar-refractivity contribution in [1.29, 1.82) is 0 Å². The summed E-state index contributed by atoms with van der Waals surface area (Å²) >= 11 is 0. The minimum atomic E-state index is -4.72. The largest absolute Gasteiger partial charge is 0.456 e. The molecule has 2 N–H and O–H groups in total. The molecule has 1 fully saturated rings. The van der Waals surface area contributed by atoms with E-state index >= 15 is 0 Å². The van der Waals surface area contributed by atoms with E-state index in [1.165, 1.54) is 11.8 Å². The second-order valence-corrected chi connectivity index (χ2v) is 12.7. The maximum absolute atomic E-state index is 13.3. The van der Waals surface area contributed by atoms with Gasteiger partial charge in [-0.05, 0) is 74.9 Å². The average molecular weight is 622 g/mol. The van der Waals surface area contributed by atoms with Crippen LogP contribution in [0.5, 0.6) is 0 Å². The maximum Gasteiger partial charge on any atom is 0.450 e. The fourth-order valence-electron chi connectivity index (χ4n) is 5.45. The van der Waals surface area contributed by atoms with Gasteiger partial charge in [-0.25, -0.2) is 9.48 Å². The lowest BCUT2D eigenvalue weighted by Crippen LogP contribution is -2.39. The van der Waals surface area contributed by atoms with Crippen LogP contribution in [0.4, 0.5) is 29.5 Å². The number of alkyl halides is 3. The third-order valence-electron chi connectivity index (χ3n) is 7.98. The average Bonchev–Trinajstić information content (AvgIpc) is 3.58. The van der Waals surface area contributed by atoms with Crippen molar-refractivity contribution in [3.8, 4) is 5.69 Å². The van der Waals surface area contributed by atoms with Gasteiger partial charge in [-0.2, -0.15) is 18.3 Å². The summed E-state index contributed by atoms with van der Waals surface area (Å²) in [6.45, 7) is 10.4. The highest BCUT2D eigenvalue weighted by Crippen LogP contribution is 2.35. The van der Waals surface area contributed by atoms with Gasteiger partial charge in [0.25, 0.3) is 5.91 Å². The number of piperidine rings is 1. The van der Waals surface area contributed by atoms with Crippen LogP contribution in [0.25, 0.3) is 5.69 Å². The van der Waals surface area contributed by atoms with Crippen LogP contribution >= 0.6 is 0 Å². The number of aromatic nitrogens is 2. The molecule has 238 valence electrons. The van der Waals surface area contributed by atoms with E-state index in [1.54, 1.807) is 4.68 Å². The summed E-state index contributed by atoms with van der Waals surface area (Å²) in [7, 11) is 0. The Morgan fingerprint density at radius 1 is 0.933 bits per heavy atom. The van der Waals surface area contributed by atoms with Crippen LogP contribution < -0.4 is 10.6 Å². The molecule has 1 aliphatic heterocycles. The minimum Gasteiger partial charge on any atom is -0.456 e. The molecule has 0 aliphatic carbocycles. The molecule has 11 heteroatoms. The first-order valence-corrected chi connectivity index (χ1v) is 15.0. The van der Waals surface area contributed by atoms with Crippen molar-refractivity contribution in [2.24, 2.45) is 5.92 Å². The van der Waals surface area contributed by atoms with Gasteiger partial charge in [0.2, 0.25) is 5.76 Å². The fourth-order valence-corrected chi connectivity index (χ4v) is 5.45. The standard InChI is InChI=1S/C34H38F3N5O3/c1-21-6-12-26(13-7-21)42-29(20-28(40-42)33(3,4)5)39-32(44)38-25-10-8-23(9-11-25)19-24-14-16-41(17-15-24)31(43)27-18-22(2)45-30(27)34(35,36)37/h6-13,18,20,24H,14-17,19H2,1-5H3,(H2,38,39,44). The quantitative estimate of drug-likeness (QED) is 0.227. The SMILES string of the molecule is Cc1ccc(-n2nc(C(C)(C)C)cc2NC(=O)Nc2ccc(CC3CCN(C(=O)c4cc(C)oc4C(F)(F)F)CC3)cc2)cc1. The number of rotatable bonds is 6. The van der Waals surface area contributed by atoms with Crippen LogP contribution in [0, 0.1) is 19.8 Å². The number of halogens is 3. The Kier molecular flexibility index (Phi) is 8.82. The topological polar surface area (TPSA) is 92.4 Å². The van der Waals surface area contributed by atoms with Gasteiger partial charge in [-0.15, -0.1) is 0 Å². The van der Waals surface area contributed by atoms with Gasteiger partial charge < -0.3 is 14.6 Å². The summed E-state index contributed by atoms with van der Waals surface area (Å²) in [6, 6.07) is 18.1. The number of carbonyl (C=O) groups excluding carboxylic acids is 2. The molecule has 0 spiro atoms. The first kappa shape index (κ1) is 31.9. The number of benzene rings is 2. The Labute approximate surface area is 260 Å². The minimum absolute atomic E-state index is 0.0551. The van der Waals surface area contributed by atoms with Gasteiger partial charge >= 0.3 is 12.2 Å². The number of furan rings is 1. The van der Waals surface area contributed by atoms with Gasteiger partial charge in [-0.3, -0.25) is 10.1 Å². The zero-order valence-corrected chi connectivity index (χ0v) is 26.1. The first-order valence-electron chi connectivity index (χ1n) is 15.0. The molecule has 0 unspecified atom stereocenters. The Morgan fingerprint density at radius 3 is 2.18 bits per heavy atom. The lowest BCUT2D eigenvalue weighted by Gasteiger charge is -2.32. The molecule has 1 aliphatic rings. The van der Waals surface area contributed by atoms with Crippen molar-refractivity contribution in [3.63, 3.8) is 0 Å². The number of hydrogen-bond acceptors (Lipinski definition) is 4. The predicted octanol–water partition coefficient (Wildman–Crippen LogP) is 8.14. The molecule has 2 aromatic carbocycles. The van der Waals surface area contributed by atoms with Gasteiger partial charge in [0.1, 0.15) is 11.6 Å². The van der Waals surface area contributed by atoms with E-state index in [9.17, 15) is 22.8 Å². The summed E-state index contributed by atoms with van der Waals surface area (Å²) in [6.07, 6.45) is -2.60. The van der Waals surface area contributed by atoms with E-state index < -0.39 is 29.4 Å². The van der Waals surface area contributed by atoms with E-state index in [-0.39, 0.29) is 17.1 Å². The molecule has 3 amide bonds. The summed E-state index contributed by atoms with van der Waals surface area (Å²) in [5, 5.41) is 10.6. The van der Waals surface area contributed by atoms with E-state index in [0.29, 0.717) is 37.4 Å². The molecule has 2 aromatic heterocycles. The molecule has 0 radical (unpaired) electrons. The fraction of sp³-hybridized carbons (Fsp3) is 0.382. The summed E-state index contributed by atoms with van der Waals surface area (Å²) in [4.78, 5) is 27.3. The number of likely N-dealkylation sites (tertiary alicyclic amines) is 1. The number of nitrogens with zero attached hydrogens (tertiary/aromatic N) is 3. The molecule has 45 heavy (non-hydrogen) atoms. The van der Waals surface area contributed by atoms with Crippen molar-refractivity contribution >= 4 is 23.4 Å². The second kappa shape index (κ2) is 12.5. The third kappa shape index (κ3) is 7.58. The van der Waals surface area contributed by atoms with Gasteiger partial charge in [0, 0.05) is 30.3 Å². The molecule has 5 rings (SSSR count). The molecule has 8 nitrogen and oxygen atoms in total. The highest BCUT2D eigenvalue weighted by atomic mass is 19.4. The first-order chi connectivity index (χ1) is 21.2. The highest BCUT2D eigenvalue weighted by molar-refractivity contribution is 5.99. The zero-order valence-electron chi connectivity index (χ0n) is 26.1. The number of carbonyl (C=O) groups is 2. The lowest BCUT2D eigenvalue weighted by molar-refractivity contribution is -0.153. The number of amides is 3. The molecule has 1 saturated heterocycles. The molecule has 4 aromatic rings. The number of aryl methyl sites for hydroxylation is 2. The molecule has 0 atom stereocenters. The van der Waals surface area contributed by atoms with Crippen molar-refractivity contribution in [1.82, 2.24) is 14.7 Å². The van der Waals surface area contributed by atoms with Gasteiger partial charge in [-0.1, -0.05) is 50.6 Å². The van der Waals surface area contributed by atoms with Crippen LogP contribution in [-0.4, -0.2) is 39.7 Å². The Balaban J connectivity index is 1.16. The molecule has 0 saturated carbocycles. The third-order valence-corrected chi connectivity index (χ3v) is 7.98. The second-order valence-electron chi connectivity index (χ2n) is 12.7. The van der Waals surface area contributed by atoms with Gasteiger partial charge in [0.05, 0.1) is 16.9 Å². The monoisotopic (exact) mass is 621 g/mol. The lowest BCUT2D eigenvalue weighted by atomic mass is 9.90. The van der Waals surface area contributed by atoms with Crippen LogP contribution in [-0.2, 0) is 18.0 Å². The van der Waals surface area contributed by atoms with Crippen LogP contribution in [0.3, 0.4) is 0 Å². The molecule has 3 heterocycles. The van der Waals surface area contributed by atoms with E-state index in [1.807, 2.05) is 61.5 Å². The van der Waals surface area contributed by atoms with Crippen LogP contribution in [0.15, 0.2) is 65.1 Å². The van der Waals surface area contributed by atoms with Crippen molar-refractivity contribution in [2.75, 3.05) is 23.7 Å². The van der Waals surface area contributed by atoms with Crippen LogP contribution in [0.1, 0.15) is 72.3 Å². The van der Waals surface area contributed by atoms with E-state index in [4.69, 9.17) is 9.52 Å². The molecular weight excluding hydrogens is 583 g/mol. The smallest absolute Gasteiger partial charge is 0.450 e.